The number of anilines is 4. The highest BCUT2D eigenvalue weighted by Gasteiger charge is 2.21. The lowest BCUT2D eigenvalue weighted by Crippen LogP contribution is -2.29. The lowest BCUT2D eigenvalue weighted by molar-refractivity contribution is 0.415. The largest absolute Gasteiger partial charge is 0.494 e. The summed E-state index contributed by atoms with van der Waals surface area (Å²) in [6, 6.07) is 3.14. The summed E-state index contributed by atoms with van der Waals surface area (Å²) in [7, 11) is 1.47. The number of nitrogens with one attached hydrogen (secondary N) is 2. The molecule has 0 amide bonds. The van der Waals surface area contributed by atoms with E-state index < -0.39 is 0 Å². The quantitative estimate of drug-likeness (QED) is 0.227. The van der Waals surface area contributed by atoms with Gasteiger partial charge >= 0.3 is 0 Å². The number of benzene rings is 1. The van der Waals surface area contributed by atoms with Gasteiger partial charge in [-0.2, -0.15) is 0 Å². The molecule has 0 unspecified atom stereocenters. The normalized spacial score (nSPS) is 10.2. The van der Waals surface area contributed by atoms with Crippen LogP contribution in [0.3, 0.4) is 0 Å². The highest BCUT2D eigenvalue weighted by Crippen LogP contribution is 2.36. The number of ether oxygens (including phenoxy) is 1. The van der Waals surface area contributed by atoms with E-state index in [1.807, 2.05) is 0 Å². The Morgan fingerprint density at radius 2 is 2.04 bits per heavy atom. The molecular weight excluding hydrogens is 364 g/mol. The van der Waals surface area contributed by atoms with Gasteiger partial charge < -0.3 is 21.6 Å². The van der Waals surface area contributed by atoms with Gasteiger partial charge in [-0.3, -0.25) is 10.4 Å². The van der Waals surface area contributed by atoms with Crippen molar-refractivity contribution in [3.63, 3.8) is 0 Å². The first-order chi connectivity index (χ1) is 10.9. The Hall–Kier alpha value is -2.72. The maximum absolute atomic E-state index is 7.77. The van der Waals surface area contributed by atoms with Crippen molar-refractivity contribution in [1.29, 1.82) is 10.8 Å². The number of hydrogen-bond acceptors (Lipinski definition) is 9. The number of hydrazine groups is 1. The molecule has 1 heterocycles. The Bertz CT molecular complexity index is 779. The third-order valence-electron chi connectivity index (χ3n) is 3.10. The van der Waals surface area contributed by atoms with Crippen LogP contribution in [0.4, 0.5) is 23.0 Å². The molecule has 1 aromatic carbocycles. The van der Waals surface area contributed by atoms with Crippen LogP contribution in [0.25, 0.3) is 0 Å². The summed E-state index contributed by atoms with van der Waals surface area (Å²) < 4.78 is 5.27. The van der Waals surface area contributed by atoms with E-state index in [0.29, 0.717) is 22.7 Å². The fourth-order valence-corrected chi connectivity index (χ4v) is 2.35. The Balaban J connectivity index is 2.66. The van der Waals surface area contributed by atoms with E-state index >= 15 is 0 Å². The first kappa shape index (κ1) is 16.6. The van der Waals surface area contributed by atoms with E-state index in [4.69, 9.17) is 32.9 Å². The smallest absolute Gasteiger partial charge is 0.163 e. The second-order valence-corrected chi connectivity index (χ2v) is 5.23. The summed E-state index contributed by atoms with van der Waals surface area (Å²) in [4.78, 5) is 7.94. The van der Waals surface area contributed by atoms with Gasteiger partial charge in [-0.25, -0.2) is 15.8 Å². The van der Waals surface area contributed by atoms with E-state index in [9.17, 15) is 0 Å². The van der Waals surface area contributed by atoms with Gasteiger partial charge in [0.05, 0.1) is 12.7 Å². The molecule has 0 fully saturated rings. The third-order valence-corrected chi connectivity index (χ3v) is 3.50. The lowest BCUT2D eigenvalue weighted by atomic mass is 10.1. The molecular formula is C13H15BrN8O. The summed E-state index contributed by atoms with van der Waals surface area (Å²) in [6.07, 6.45) is 2.35. The Kier molecular flexibility index (Phi) is 4.77. The molecule has 9 nitrogen and oxygen atoms in total. The molecule has 0 saturated carbocycles. The second kappa shape index (κ2) is 6.58. The standard InChI is InChI=1S/C13H15BrN8O/c1-23-9-3-7(16)6(4-15)2-8(9)22(19)13-10(11(14)17)12(18)20-5-21-13/h2-5,15,17H,16,19H2,1H3,(H2,18,20,21). The molecule has 0 saturated heterocycles. The van der Waals surface area contributed by atoms with Crippen molar-refractivity contribution < 1.29 is 4.74 Å². The van der Waals surface area contributed by atoms with Crippen molar-refractivity contribution in [1.82, 2.24) is 9.97 Å². The van der Waals surface area contributed by atoms with Crippen molar-refractivity contribution in [2.24, 2.45) is 5.84 Å². The summed E-state index contributed by atoms with van der Waals surface area (Å²) >= 11 is 3.05. The minimum absolute atomic E-state index is 0.0114. The fourth-order valence-electron chi connectivity index (χ4n) is 1.97. The van der Waals surface area contributed by atoms with E-state index in [2.05, 4.69) is 25.9 Å². The SMILES string of the molecule is COc1cc(N)c(C=N)cc1N(N)c1ncnc(N)c1C(=N)Br. The van der Waals surface area contributed by atoms with E-state index in [-0.39, 0.29) is 21.8 Å². The molecule has 0 aliphatic carbocycles. The molecule has 0 aliphatic heterocycles. The van der Waals surface area contributed by atoms with Gasteiger partial charge in [-0.15, -0.1) is 0 Å². The zero-order chi connectivity index (χ0) is 17.1. The molecule has 120 valence electrons. The summed E-state index contributed by atoms with van der Waals surface area (Å²) in [5.41, 5.74) is 13.1. The first-order valence-electron chi connectivity index (χ1n) is 6.28. The molecule has 0 spiro atoms. The van der Waals surface area contributed by atoms with Gasteiger partial charge in [0.15, 0.2) is 5.82 Å². The second-order valence-electron chi connectivity index (χ2n) is 4.44. The molecule has 0 aliphatic rings. The van der Waals surface area contributed by atoms with Gasteiger partial charge in [0, 0.05) is 23.5 Å². The highest BCUT2D eigenvalue weighted by molar-refractivity contribution is 9.18. The molecule has 8 N–H and O–H groups in total. The Morgan fingerprint density at radius 3 is 2.61 bits per heavy atom. The van der Waals surface area contributed by atoms with Crippen molar-refractivity contribution in [2.75, 3.05) is 23.6 Å². The predicted molar refractivity (Wildman–Crippen MR) is 93.8 cm³/mol. The molecule has 0 bridgehead atoms. The van der Waals surface area contributed by atoms with Gasteiger partial charge in [-0.05, 0) is 22.0 Å². The maximum Gasteiger partial charge on any atom is 0.163 e. The van der Waals surface area contributed by atoms with E-state index in [1.165, 1.54) is 18.4 Å². The van der Waals surface area contributed by atoms with Gasteiger partial charge in [0.2, 0.25) is 0 Å². The van der Waals surface area contributed by atoms with Crippen molar-refractivity contribution in [3.8, 4) is 5.75 Å². The molecule has 2 rings (SSSR count). The van der Waals surface area contributed by atoms with Crippen molar-refractivity contribution in [2.45, 2.75) is 0 Å². The van der Waals surface area contributed by atoms with Crippen molar-refractivity contribution in [3.05, 3.63) is 29.6 Å². The Morgan fingerprint density at radius 1 is 1.35 bits per heavy atom. The van der Waals surface area contributed by atoms with Gasteiger partial charge in [-0.1, -0.05) is 0 Å². The Labute approximate surface area is 140 Å². The number of nitrogens with zero attached hydrogens (tertiary/aromatic N) is 3. The number of rotatable bonds is 5. The average Bonchev–Trinajstić information content (AvgIpc) is 2.53. The average molecular weight is 379 g/mol. The number of nitrogens with two attached hydrogens (primary N) is 3. The van der Waals surface area contributed by atoms with Crippen LogP contribution < -0.4 is 27.1 Å². The third kappa shape index (κ3) is 3.07. The predicted octanol–water partition coefficient (Wildman–Crippen LogP) is 1.38. The highest BCUT2D eigenvalue weighted by atomic mass is 79.9. The number of nitrogen functional groups attached to an aromatic ring is 2. The monoisotopic (exact) mass is 378 g/mol. The number of hydrogen-bond donors (Lipinski definition) is 5. The lowest BCUT2D eigenvalue weighted by Gasteiger charge is -2.23. The van der Waals surface area contributed by atoms with Gasteiger partial charge in [0.1, 0.15) is 28.2 Å². The number of aromatic nitrogens is 2. The molecule has 0 atom stereocenters. The van der Waals surface area contributed by atoms with E-state index in [1.54, 1.807) is 12.1 Å². The number of halogens is 1. The zero-order valence-electron chi connectivity index (χ0n) is 12.2. The fraction of sp³-hybridized carbons (Fsp3) is 0.0769. The minimum atomic E-state index is -0.0114. The van der Waals surface area contributed by atoms with Crippen LogP contribution >= 0.6 is 15.9 Å². The summed E-state index contributed by atoms with van der Waals surface area (Å²) in [5, 5.41) is 16.4. The first-order valence-corrected chi connectivity index (χ1v) is 7.07. The van der Waals surface area contributed by atoms with Crippen LogP contribution in [0.5, 0.6) is 5.75 Å². The topological polar surface area (TPSA) is 164 Å². The van der Waals surface area contributed by atoms with Crippen LogP contribution in [0.1, 0.15) is 11.1 Å². The molecule has 1 aromatic heterocycles. The molecule has 0 radical (unpaired) electrons. The van der Waals surface area contributed by atoms with Crippen LogP contribution in [0.15, 0.2) is 18.5 Å². The van der Waals surface area contributed by atoms with Gasteiger partial charge in [0.25, 0.3) is 0 Å². The molecule has 10 heteroatoms. The zero-order valence-corrected chi connectivity index (χ0v) is 13.8. The summed E-state index contributed by atoms with van der Waals surface area (Å²) in [6.45, 7) is 0. The molecule has 23 heavy (non-hydrogen) atoms. The number of methoxy groups -OCH3 is 1. The van der Waals surface area contributed by atoms with E-state index in [0.717, 1.165) is 6.21 Å². The van der Waals surface area contributed by atoms with Crippen LogP contribution in [-0.2, 0) is 0 Å². The van der Waals surface area contributed by atoms with Crippen molar-refractivity contribution >= 4 is 49.8 Å². The molecule has 2 aromatic rings. The maximum atomic E-state index is 7.77. The van der Waals surface area contributed by atoms with Crippen LogP contribution in [0, 0.1) is 10.8 Å². The summed E-state index contributed by atoms with van der Waals surface area (Å²) in [5.74, 6) is 6.85. The van der Waals surface area contributed by atoms with Crippen LogP contribution in [0.2, 0.25) is 0 Å². The minimum Gasteiger partial charge on any atom is -0.494 e. The van der Waals surface area contributed by atoms with Crippen LogP contribution in [-0.4, -0.2) is 27.9 Å².